The van der Waals surface area contributed by atoms with Crippen LogP contribution in [0.4, 0.5) is 18.0 Å². The fourth-order valence-corrected chi connectivity index (χ4v) is 2.98. The van der Waals surface area contributed by atoms with Gasteiger partial charge in [0.15, 0.2) is 0 Å². The van der Waals surface area contributed by atoms with Gasteiger partial charge in [-0.1, -0.05) is 24.2 Å². The number of amides is 2. The van der Waals surface area contributed by atoms with Crippen LogP contribution in [0.3, 0.4) is 0 Å². The predicted molar refractivity (Wildman–Crippen MR) is 91.7 cm³/mol. The molecule has 1 saturated heterocycles. The molecule has 0 radical (unpaired) electrons. The Labute approximate surface area is 154 Å². The van der Waals surface area contributed by atoms with E-state index in [2.05, 4.69) is 15.5 Å². The molecule has 0 unspecified atom stereocenters. The van der Waals surface area contributed by atoms with Crippen LogP contribution in [0.5, 0.6) is 0 Å². The summed E-state index contributed by atoms with van der Waals surface area (Å²) in [7, 11) is 0. The Balaban J connectivity index is 1.80. The van der Waals surface area contributed by atoms with E-state index in [0.29, 0.717) is 13.0 Å². The van der Waals surface area contributed by atoms with E-state index >= 15 is 0 Å². The number of likely N-dealkylation sites (tertiary alicyclic amines) is 1. The number of carbonyl (C=O) groups is 1. The van der Waals surface area contributed by atoms with Crippen molar-refractivity contribution in [3.05, 3.63) is 35.7 Å². The average Bonchev–Trinajstić information content (AvgIpc) is 3.30. The van der Waals surface area contributed by atoms with Crippen LogP contribution >= 0.6 is 0 Å². The zero-order valence-electron chi connectivity index (χ0n) is 15.1. The Morgan fingerprint density at radius 3 is 2.93 bits per heavy atom. The van der Waals surface area contributed by atoms with E-state index in [9.17, 15) is 18.0 Å². The van der Waals surface area contributed by atoms with Crippen LogP contribution in [-0.2, 0) is 6.18 Å². The number of benzene rings is 1. The normalized spacial score (nSPS) is 18.6. The second-order valence-corrected chi connectivity index (χ2v) is 6.64. The van der Waals surface area contributed by atoms with Crippen LogP contribution in [0.1, 0.15) is 50.6 Å². The minimum atomic E-state index is -4.45. The first-order chi connectivity index (χ1) is 12.8. The number of carbonyl (C=O) groups excluding carboxylic acids is 1. The largest absolute Gasteiger partial charge is 0.416 e. The highest BCUT2D eigenvalue weighted by atomic mass is 19.4. The van der Waals surface area contributed by atoms with Crippen molar-refractivity contribution < 1.29 is 22.5 Å². The predicted octanol–water partition coefficient (Wildman–Crippen LogP) is 4.40. The quantitative estimate of drug-likeness (QED) is 0.851. The van der Waals surface area contributed by atoms with Crippen molar-refractivity contribution in [2.24, 2.45) is 0 Å². The maximum atomic E-state index is 12.9. The molecule has 0 spiro atoms. The van der Waals surface area contributed by atoms with Crippen molar-refractivity contribution in [3.63, 3.8) is 0 Å². The van der Waals surface area contributed by atoms with E-state index in [0.717, 1.165) is 25.0 Å². The van der Waals surface area contributed by atoms with Gasteiger partial charge in [0, 0.05) is 18.2 Å². The van der Waals surface area contributed by atoms with Gasteiger partial charge in [0.2, 0.25) is 11.7 Å². The van der Waals surface area contributed by atoms with Crippen molar-refractivity contribution in [2.45, 2.75) is 51.4 Å². The van der Waals surface area contributed by atoms with Gasteiger partial charge in [-0.05, 0) is 38.3 Å². The van der Waals surface area contributed by atoms with Crippen molar-refractivity contribution in [3.8, 4) is 11.4 Å². The lowest BCUT2D eigenvalue weighted by Crippen LogP contribution is -2.43. The SMILES string of the molecule is CC[C@@H](C)NC(=O)N1CCC[C@H]1c1nc(-c2cccc(C(F)(F)F)c2)no1. The molecule has 1 aromatic carbocycles. The number of nitrogens with zero attached hydrogens (tertiary/aromatic N) is 3. The van der Waals surface area contributed by atoms with Crippen LogP contribution in [0.2, 0.25) is 0 Å². The maximum absolute atomic E-state index is 12.9. The molecular formula is C18H21F3N4O2. The molecule has 2 heterocycles. The fraction of sp³-hybridized carbons (Fsp3) is 0.500. The molecule has 2 atom stereocenters. The average molecular weight is 382 g/mol. The van der Waals surface area contributed by atoms with Crippen molar-refractivity contribution >= 4 is 6.03 Å². The molecule has 9 heteroatoms. The van der Waals surface area contributed by atoms with Crippen molar-refractivity contribution in [1.82, 2.24) is 20.4 Å². The zero-order valence-corrected chi connectivity index (χ0v) is 15.1. The van der Waals surface area contributed by atoms with Crippen LogP contribution in [0.15, 0.2) is 28.8 Å². The lowest BCUT2D eigenvalue weighted by Gasteiger charge is -2.24. The third-order valence-corrected chi connectivity index (χ3v) is 4.67. The second kappa shape index (κ2) is 7.58. The second-order valence-electron chi connectivity index (χ2n) is 6.64. The summed E-state index contributed by atoms with van der Waals surface area (Å²) in [6.07, 6.45) is -2.18. The fourth-order valence-electron chi connectivity index (χ4n) is 2.98. The molecule has 3 rings (SSSR count). The minimum absolute atomic E-state index is 0.0436. The summed E-state index contributed by atoms with van der Waals surface area (Å²) in [5, 5.41) is 6.72. The molecule has 1 fully saturated rings. The zero-order chi connectivity index (χ0) is 19.6. The summed E-state index contributed by atoms with van der Waals surface area (Å²) in [6.45, 7) is 4.46. The molecule has 1 aromatic heterocycles. The van der Waals surface area contributed by atoms with E-state index < -0.39 is 11.7 Å². The number of nitrogens with one attached hydrogen (secondary N) is 1. The Bertz CT molecular complexity index is 806. The molecule has 146 valence electrons. The summed E-state index contributed by atoms with van der Waals surface area (Å²) >= 11 is 0. The Morgan fingerprint density at radius 2 is 2.22 bits per heavy atom. The van der Waals surface area contributed by atoms with E-state index in [4.69, 9.17) is 4.52 Å². The van der Waals surface area contributed by atoms with E-state index in [-0.39, 0.29) is 35.4 Å². The van der Waals surface area contributed by atoms with Gasteiger partial charge in [0.25, 0.3) is 0 Å². The Hall–Kier alpha value is -2.58. The number of urea groups is 1. The first-order valence-corrected chi connectivity index (χ1v) is 8.88. The van der Waals surface area contributed by atoms with Gasteiger partial charge in [-0.15, -0.1) is 0 Å². The number of hydrogen-bond donors (Lipinski definition) is 1. The van der Waals surface area contributed by atoms with Gasteiger partial charge in [-0.2, -0.15) is 18.2 Å². The third-order valence-electron chi connectivity index (χ3n) is 4.67. The molecule has 1 aliphatic rings. The van der Waals surface area contributed by atoms with Crippen LogP contribution < -0.4 is 5.32 Å². The highest BCUT2D eigenvalue weighted by molar-refractivity contribution is 5.75. The van der Waals surface area contributed by atoms with Crippen molar-refractivity contribution in [1.29, 1.82) is 0 Å². The van der Waals surface area contributed by atoms with E-state index in [1.165, 1.54) is 12.1 Å². The monoisotopic (exact) mass is 382 g/mol. The van der Waals surface area contributed by atoms with Gasteiger partial charge < -0.3 is 14.7 Å². The van der Waals surface area contributed by atoms with Crippen molar-refractivity contribution in [2.75, 3.05) is 6.54 Å². The van der Waals surface area contributed by atoms with Crippen LogP contribution in [-0.4, -0.2) is 33.7 Å². The highest BCUT2D eigenvalue weighted by Gasteiger charge is 2.35. The van der Waals surface area contributed by atoms with E-state index in [1.54, 1.807) is 4.90 Å². The first-order valence-electron chi connectivity index (χ1n) is 8.88. The molecule has 2 aromatic rings. The van der Waals surface area contributed by atoms with Gasteiger partial charge >= 0.3 is 12.2 Å². The summed E-state index contributed by atoms with van der Waals surface area (Å²) in [6, 6.07) is 4.23. The molecule has 2 amide bonds. The first kappa shape index (κ1) is 19.2. The number of rotatable bonds is 4. The maximum Gasteiger partial charge on any atom is 0.416 e. The molecule has 0 bridgehead atoms. The van der Waals surface area contributed by atoms with Gasteiger partial charge in [-0.25, -0.2) is 4.79 Å². The summed E-state index contributed by atoms with van der Waals surface area (Å²) < 4.78 is 44.0. The summed E-state index contributed by atoms with van der Waals surface area (Å²) in [5.41, 5.74) is -0.560. The topological polar surface area (TPSA) is 71.3 Å². The number of halogens is 3. The molecule has 1 N–H and O–H groups in total. The highest BCUT2D eigenvalue weighted by Crippen LogP contribution is 2.34. The standard InChI is InChI=1S/C18H21F3N4O2/c1-3-11(2)22-17(26)25-9-5-8-14(25)16-23-15(24-27-16)12-6-4-7-13(10-12)18(19,20)21/h4,6-7,10-11,14H,3,5,8-9H2,1-2H3,(H,22,26)/t11-,14+/m1/s1. The smallest absolute Gasteiger partial charge is 0.337 e. The lowest BCUT2D eigenvalue weighted by atomic mass is 10.1. The summed E-state index contributed by atoms with van der Waals surface area (Å²) in [5.74, 6) is 0.310. The summed E-state index contributed by atoms with van der Waals surface area (Å²) in [4.78, 5) is 18.3. The number of hydrogen-bond acceptors (Lipinski definition) is 4. The lowest BCUT2D eigenvalue weighted by molar-refractivity contribution is -0.137. The molecule has 0 aliphatic carbocycles. The Morgan fingerprint density at radius 1 is 1.44 bits per heavy atom. The van der Waals surface area contributed by atoms with E-state index in [1.807, 2.05) is 13.8 Å². The molecular weight excluding hydrogens is 361 g/mol. The number of alkyl halides is 3. The molecule has 6 nitrogen and oxygen atoms in total. The van der Waals surface area contributed by atoms with Gasteiger partial charge in [-0.3, -0.25) is 0 Å². The van der Waals surface area contributed by atoms with Gasteiger partial charge in [0.1, 0.15) is 6.04 Å². The van der Waals surface area contributed by atoms with Crippen LogP contribution in [0, 0.1) is 0 Å². The molecule has 0 saturated carbocycles. The van der Waals surface area contributed by atoms with Gasteiger partial charge in [0.05, 0.1) is 5.56 Å². The molecule has 27 heavy (non-hydrogen) atoms. The minimum Gasteiger partial charge on any atom is -0.337 e. The molecule has 1 aliphatic heterocycles. The van der Waals surface area contributed by atoms with Crippen LogP contribution in [0.25, 0.3) is 11.4 Å². The third kappa shape index (κ3) is 4.23. The number of aromatic nitrogens is 2. The Kier molecular flexibility index (Phi) is 5.38.